The molecule has 0 fully saturated rings. The van der Waals surface area contributed by atoms with E-state index in [1.165, 1.54) is 18.1 Å². The Morgan fingerprint density at radius 2 is 1.84 bits per heavy atom. The van der Waals surface area contributed by atoms with Crippen LogP contribution in [0.5, 0.6) is 0 Å². The fourth-order valence-electron chi connectivity index (χ4n) is 2.17. The highest BCUT2D eigenvalue weighted by atomic mass is 16.5. The molecule has 1 aromatic heterocycles. The van der Waals surface area contributed by atoms with Gasteiger partial charge in [-0.3, -0.25) is 0 Å². The van der Waals surface area contributed by atoms with Gasteiger partial charge in [-0.1, -0.05) is 12.1 Å². The standard InChI is InChI=1S/C17H14N4O4/c1-24-16(22)14-4-2-3-12(9-14)10-25-17(23)13-5-7-15(8-6-13)21-11-18-19-20-21/h2-9,11H,10H2,1H3. The van der Waals surface area contributed by atoms with E-state index in [1.807, 2.05) is 0 Å². The minimum Gasteiger partial charge on any atom is -0.465 e. The molecule has 0 saturated heterocycles. The van der Waals surface area contributed by atoms with Crippen molar-refractivity contribution in [2.24, 2.45) is 0 Å². The molecule has 0 aliphatic carbocycles. The Morgan fingerprint density at radius 1 is 1.04 bits per heavy atom. The number of benzene rings is 2. The van der Waals surface area contributed by atoms with Crippen molar-refractivity contribution in [3.8, 4) is 5.69 Å². The first-order valence-corrected chi connectivity index (χ1v) is 7.35. The van der Waals surface area contributed by atoms with Crippen molar-refractivity contribution in [3.05, 3.63) is 71.5 Å². The summed E-state index contributed by atoms with van der Waals surface area (Å²) in [6.07, 6.45) is 1.46. The number of nitrogens with zero attached hydrogens (tertiary/aromatic N) is 4. The predicted octanol–water partition coefficient (Wildman–Crippen LogP) is 1.81. The topological polar surface area (TPSA) is 96.2 Å². The third kappa shape index (κ3) is 3.86. The lowest BCUT2D eigenvalue weighted by Gasteiger charge is -2.07. The monoisotopic (exact) mass is 338 g/mol. The molecule has 1 heterocycles. The molecule has 25 heavy (non-hydrogen) atoms. The van der Waals surface area contributed by atoms with Gasteiger partial charge >= 0.3 is 11.9 Å². The zero-order valence-corrected chi connectivity index (χ0v) is 13.3. The third-order valence-electron chi connectivity index (χ3n) is 3.43. The SMILES string of the molecule is COC(=O)c1cccc(COC(=O)c2ccc(-n3cnnn3)cc2)c1. The van der Waals surface area contributed by atoms with E-state index >= 15 is 0 Å². The number of methoxy groups -OCH3 is 1. The van der Waals surface area contributed by atoms with Gasteiger partial charge in [-0.25, -0.2) is 14.3 Å². The number of rotatable bonds is 5. The molecule has 0 radical (unpaired) electrons. The fraction of sp³-hybridized carbons (Fsp3) is 0.118. The van der Waals surface area contributed by atoms with Crippen molar-refractivity contribution >= 4 is 11.9 Å². The van der Waals surface area contributed by atoms with Crippen LogP contribution in [0.25, 0.3) is 5.69 Å². The summed E-state index contributed by atoms with van der Waals surface area (Å²) in [5.74, 6) is -0.905. The largest absolute Gasteiger partial charge is 0.465 e. The Hall–Kier alpha value is -3.55. The molecule has 0 aliphatic rings. The molecule has 8 heteroatoms. The lowest BCUT2D eigenvalue weighted by atomic mass is 10.1. The maximum absolute atomic E-state index is 12.1. The van der Waals surface area contributed by atoms with Crippen molar-refractivity contribution in [2.75, 3.05) is 7.11 Å². The number of carbonyl (C=O) groups is 2. The summed E-state index contributed by atoms with van der Waals surface area (Å²) < 4.78 is 11.4. The van der Waals surface area contributed by atoms with E-state index in [9.17, 15) is 9.59 Å². The highest BCUT2D eigenvalue weighted by Gasteiger charge is 2.10. The van der Waals surface area contributed by atoms with Crippen molar-refractivity contribution in [1.82, 2.24) is 20.2 Å². The fourth-order valence-corrected chi connectivity index (χ4v) is 2.17. The van der Waals surface area contributed by atoms with Crippen LogP contribution in [0.2, 0.25) is 0 Å². The van der Waals surface area contributed by atoms with Crippen LogP contribution in [-0.4, -0.2) is 39.3 Å². The molecule has 0 aliphatic heterocycles. The van der Waals surface area contributed by atoms with Gasteiger partial charge in [0.1, 0.15) is 12.9 Å². The van der Waals surface area contributed by atoms with Crippen molar-refractivity contribution < 1.29 is 19.1 Å². The number of carbonyl (C=O) groups excluding carboxylic acids is 2. The van der Waals surface area contributed by atoms with Crippen LogP contribution in [0.1, 0.15) is 26.3 Å². The minimum atomic E-state index is -0.466. The molecule has 0 N–H and O–H groups in total. The summed E-state index contributed by atoms with van der Waals surface area (Å²) >= 11 is 0. The molecule has 0 unspecified atom stereocenters. The van der Waals surface area contributed by atoms with Crippen LogP contribution in [0.15, 0.2) is 54.9 Å². The number of ether oxygens (including phenoxy) is 2. The lowest BCUT2D eigenvalue weighted by Crippen LogP contribution is -2.07. The molecule has 126 valence electrons. The van der Waals surface area contributed by atoms with Crippen LogP contribution in [0.4, 0.5) is 0 Å². The van der Waals surface area contributed by atoms with Gasteiger partial charge in [-0.15, -0.1) is 5.10 Å². The lowest BCUT2D eigenvalue weighted by molar-refractivity contribution is 0.0472. The Kier molecular flexibility index (Phi) is 4.79. The normalized spacial score (nSPS) is 10.3. The quantitative estimate of drug-likeness (QED) is 0.654. The second kappa shape index (κ2) is 7.35. The number of tetrazole rings is 1. The number of aromatic nitrogens is 4. The molecule has 2 aromatic carbocycles. The number of hydrogen-bond donors (Lipinski definition) is 0. The summed E-state index contributed by atoms with van der Waals surface area (Å²) in [5.41, 5.74) is 2.23. The summed E-state index contributed by atoms with van der Waals surface area (Å²) in [5, 5.41) is 10.9. The molecule has 3 rings (SSSR count). The molecular formula is C17H14N4O4. The van der Waals surface area contributed by atoms with Gasteiger partial charge in [0.2, 0.25) is 0 Å². The van der Waals surface area contributed by atoms with Crippen LogP contribution in [-0.2, 0) is 16.1 Å². The Labute approximate surface area is 143 Å². The predicted molar refractivity (Wildman–Crippen MR) is 86.1 cm³/mol. The van der Waals surface area contributed by atoms with Crippen LogP contribution in [0, 0.1) is 0 Å². The second-order valence-electron chi connectivity index (χ2n) is 5.07. The first-order chi connectivity index (χ1) is 12.2. The number of esters is 2. The highest BCUT2D eigenvalue weighted by Crippen LogP contribution is 2.12. The highest BCUT2D eigenvalue weighted by molar-refractivity contribution is 5.90. The van der Waals surface area contributed by atoms with Crippen LogP contribution >= 0.6 is 0 Å². The average molecular weight is 338 g/mol. The Balaban J connectivity index is 1.64. The molecule has 8 nitrogen and oxygen atoms in total. The van der Waals surface area contributed by atoms with E-state index < -0.39 is 11.9 Å². The van der Waals surface area contributed by atoms with E-state index in [2.05, 4.69) is 20.3 Å². The van der Waals surface area contributed by atoms with Gasteiger partial charge in [-0.05, 0) is 52.4 Å². The molecule has 0 spiro atoms. The van der Waals surface area contributed by atoms with E-state index in [-0.39, 0.29) is 6.61 Å². The number of hydrogen-bond acceptors (Lipinski definition) is 7. The summed E-state index contributed by atoms with van der Waals surface area (Å²) in [7, 11) is 1.31. The Morgan fingerprint density at radius 3 is 2.52 bits per heavy atom. The second-order valence-corrected chi connectivity index (χ2v) is 5.07. The molecular weight excluding hydrogens is 324 g/mol. The third-order valence-corrected chi connectivity index (χ3v) is 3.43. The van der Waals surface area contributed by atoms with E-state index in [4.69, 9.17) is 4.74 Å². The maximum atomic E-state index is 12.1. The molecule has 0 atom stereocenters. The van der Waals surface area contributed by atoms with Gasteiger partial charge < -0.3 is 9.47 Å². The zero-order chi connectivity index (χ0) is 17.6. The summed E-state index contributed by atoms with van der Waals surface area (Å²) in [4.78, 5) is 23.6. The van der Waals surface area contributed by atoms with Crippen molar-refractivity contribution in [3.63, 3.8) is 0 Å². The van der Waals surface area contributed by atoms with Gasteiger partial charge in [0.15, 0.2) is 0 Å². The first-order valence-electron chi connectivity index (χ1n) is 7.35. The minimum absolute atomic E-state index is 0.0540. The summed E-state index contributed by atoms with van der Waals surface area (Å²) in [6.45, 7) is 0.0540. The van der Waals surface area contributed by atoms with Crippen LogP contribution < -0.4 is 0 Å². The molecule has 0 saturated carbocycles. The molecule has 0 bridgehead atoms. The van der Waals surface area contributed by atoms with Gasteiger partial charge in [0, 0.05) is 0 Å². The maximum Gasteiger partial charge on any atom is 0.338 e. The summed E-state index contributed by atoms with van der Waals surface area (Å²) in [6, 6.07) is 13.4. The van der Waals surface area contributed by atoms with E-state index in [0.717, 1.165) is 5.69 Å². The van der Waals surface area contributed by atoms with E-state index in [0.29, 0.717) is 16.7 Å². The van der Waals surface area contributed by atoms with Crippen molar-refractivity contribution in [1.29, 1.82) is 0 Å². The smallest absolute Gasteiger partial charge is 0.338 e. The van der Waals surface area contributed by atoms with Crippen molar-refractivity contribution in [2.45, 2.75) is 6.61 Å². The first kappa shape index (κ1) is 16.3. The molecule has 3 aromatic rings. The van der Waals surface area contributed by atoms with Gasteiger partial charge in [-0.2, -0.15) is 0 Å². The van der Waals surface area contributed by atoms with Gasteiger partial charge in [0.25, 0.3) is 0 Å². The Bertz CT molecular complexity index is 876. The van der Waals surface area contributed by atoms with E-state index in [1.54, 1.807) is 48.5 Å². The average Bonchev–Trinajstić information content (AvgIpc) is 3.20. The van der Waals surface area contributed by atoms with Crippen LogP contribution in [0.3, 0.4) is 0 Å². The van der Waals surface area contributed by atoms with Gasteiger partial charge in [0.05, 0.1) is 23.9 Å². The zero-order valence-electron chi connectivity index (χ0n) is 13.3. The molecule has 0 amide bonds.